The van der Waals surface area contributed by atoms with Gasteiger partial charge in [-0.2, -0.15) is 13.2 Å². The van der Waals surface area contributed by atoms with E-state index in [9.17, 15) is 27.6 Å². The van der Waals surface area contributed by atoms with Crippen molar-refractivity contribution in [2.45, 2.75) is 18.8 Å². The molecule has 6 nitrogen and oxygen atoms in total. The van der Waals surface area contributed by atoms with Gasteiger partial charge in [-0.15, -0.1) is 0 Å². The summed E-state index contributed by atoms with van der Waals surface area (Å²) in [6.07, 6.45) is -1.70. The van der Waals surface area contributed by atoms with Gasteiger partial charge in [0.05, 0.1) is 29.1 Å². The molecular formula is C24H19F3N2O4. The summed E-state index contributed by atoms with van der Waals surface area (Å²) in [5.41, 5.74) is -0.251. The van der Waals surface area contributed by atoms with Crippen LogP contribution < -0.4 is 4.90 Å². The molecule has 3 heterocycles. The lowest BCUT2D eigenvalue weighted by Crippen LogP contribution is -2.58. The van der Waals surface area contributed by atoms with E-state index in [4.69, 9.17) is 4.74 Å². The number of imide groups is 1. The average molecular weight is 456 g/mol. The number of hydrogen-bond donors (Lipinski definition) is 0. The standard InChI is InChI=1S/C24H19F3N2O4/c25-24(26,27)16-7-4-8-17(11-16)29-21(30)19-15-9-10-18(20(19)22(29)31)28(12-15)23(32)33-13-14-5-2-1-3-6-14/h1-11,15,18-20H,12-13H2/t15?,18?,19-,20+/m0/s1. The predicted molar refractivity (Wildman–Crippen MR) is 111 cm³/mol. The van der Waals surface area contributed by atoms with Crippen molar-refractivity contribution < 1.29 is 32.3 Å². The van der Waals surface area contributed by atoms with Gasteiger partial charge in [0.25, 0.3) is 0 Å². The number of hydrogen-bond acceptors (Lipinski definition) is 4. The number of ether oxygens (including phenoxy) is 1. The van der Waals surface area contributed by atoms with Gasteiger partial charge in [-0.3, -0.25) is 9.59 Å². The van der Waals surface area contributed by atoms with E-state index in [0.717, 1.165) is 22.6 Å². The molecule has 2 aromatic carbocycles. The zero-order valence-corrected chi connectivity index (χ0v) is 17.2. The first kappa shape index (κ1) is 21.2. The molecular weight excluding hydrogens is 437 g/mol. The van der Waals surface area contributed by atoms with Gasteiger partial charge in [0.2, 0.25) is 11.8 Å². The number of rotatable bonds is 3. The van der Waals surface area contributed by atoms with Crippen LogP contribution in [0.5, 0.6) is 0 Å². The summed E-state index contributed by atoms with van der Waals surface area (Å²) in [5, 5.41) is 0. The van der Waals surface area contributed by atoms with Crippen molar-refractivity contribution in [2.24, 2.45) is 17.8 Å². The summed E-state index contributed by atoms with van der Waals surface area (Å²) >= 11 is 0. The first-order chi connectivity index (χ1) is 15.8. The van der Waals surface area contributed by atoms with E-state index in [-0.39, 0.29) is 18.8 Å². The number of amides is 3. The van der Waals surface area contributed by atoms with E-state index in [2.05, 4.69) is 0 Å². The number of nitrogens with zero attached hydrogens (tertiary/aromatic N) is 2. The van der Waals surface area contributed by atoms with Crippen LogP contribution >= 0.6 is 0 Å². The molecule has 2 aromatic rings. The Morgan fingerprint density at radius 2 is 1.70 bits per heavy atom. The van der Waals surface area contributed by atoms with Gasteiger partial charge in [0.15, 0.2) is 0 Å². The fraction of sp³-hybridized carbons (Fsp3) is 0.292. The summed E-state index contributed by atoms with van der Waals surface area (Å²) < 4.78 is 44.9. The normalized spacial score (nSPS) is 26.0. The monoisotopic (exact) mass is 456 g/mol. The third-order valence-corrected chi connectivity index (χ3v) is 6.42. The van der Waals surface area contributed by atoms with Crippen molar-refractivity contribution >= 4 is 23.6 Å². The lowest BCUT2D eigenvalue weighted by atomic mass is 9.70. The summed E-state index contributed by atoms with van der Waals surface area (Å²) in [6, 6.07) is 12.6. The molecule has 2 unspecified atom stereocenters. The molecule has 0 saturated carbocycles. The molecule has 2 fully saturated rings. The summed E-state index contributed by atoms with van der Waals surface area (Å²) in [5.74, 6) is -3.15. The van der Waals surface area contributed by atoms with Crippen LogP contribution in [0.4, 0.5) is 23.7 Å². The quantitative estimate of drug-likeness (QED) is 0.517. The maximum atomic E-state index is 13.3. The van der Waals surface area contributed by atoms with E-state index < -0.39 is 53.4 Å². The molecule has 33 heavy (non-hydrogen) atoms. The molecule has 2 saturated heterocycles. The molecule has 2 bridgehead atoms. The van der Waals surface area contributed by atoms with Gasteiger partial charge < -0.3 is 9.64 Å². The van der Waals surface area contributed by atoms with Crippen LogP contribution in [-0.4, -0.2) is 35.4 Å². The van der Waals surface area contributed by atoms with Gasteiger partial charge >= 0.3 is 12.3 Å². The third kappa shape index (κ3) is 3.57. The molecule has 0 aromatic heterocycles. The van der Waals surface area contributed by atoms with E-state index in [1.807, 2.05) is 30.3 Å². The Morgan fingerprint density at radius 3 is 2.42 bits per heavy atom. The fourth-order valence-electron chi connectivity index (χ4n) is 4.91. The largest absolute Gasteiger partial charge is 0.445 e. The van der Waals surface area contributed by atoms with Gasteiger partial charge in [-0.25, -0.2) is 9.69 Å². The molecule has 3 aliphatic heterocycles. The van der Waals surface area contributed by atoms with E-state index in [1.165, 1.54) is 17.0 Å². The highest BCUT2D eigenvalue weighted by Gasteiger charge is 2.60. The maximum absolute atomic E-state index is 13.3. The molecule has 0 spiro atoms. The number of fused-ring (bicyclic) bond motifs is 1. The highest BCUT2D eigenvalue weighted by molar-refractivity contribution is 6.23. The van der Waals surface area contributed by atoms with Crippen LogP contribution in [0.15, 0.2) is 66.7 Å². The second-order valence-electron chi connectivity index (χ2n) is 8.34. The van der Waals surface area contributed by atoms with Crippen LogP contribution in [0.2, 0.25) is 0 Å². The van der Waals surface area contributed by atoms with Crippen molar-refractivity contribution in [1.82, 2.24) is 4.90 Å². The molecule has 6 rings (SSSR count). The molecule has 170 valence electrons. The summed E-state index contributed by atoms with van der Waals surface area (Å²) in [4.78, 5) is 41.4. The Labute approximate surface area is 187 Å². The minimum Gasteiger partial charge on any atom is -0.445 e. The number of benzene rings is 2. The lowest BCUT2D eigenvalue weighted by Gasteiger charge is -2.45. The molecule has 3 amide bonds. The Hall–Kier alpha value is -3.62. The fourth-order valence-corrected chi connectivity index (χ4v) is 4.91. The van der Waals surface area contributed by atoms with Gasteiger partial charge in [0, 0.05) is 12.5 Å². The van der Waals surface area contributed by atoms with Gasteiger partial charge in [-0.1, -0.05) is 48.6 Å². The number of carbonyl (C=O) groups excluding carboxylic acids is 3. The van der Waals surface area contributed by atoms with Crippen LogP contribution in [0.3, 0.4) is 0 Å². The van der Waals surface area contributed by atoms with E-state index in [1.54, 1.807) is 12.2 Å². The third-order valence-electron chi connectivity index (χ3n) is 6.42. The molecule has 4 atom stereocenters. The van der Waals surface area contributed by atoms with Crippen molar-refractivity contribution in [2.75, 3.05) is 11.4 Å². The summed E-state index contributed by atoms with van der Waals surface area (Å²) in [6.45, 7) is 0.264. The van der Waals surface area contributed by atoms with E-state index in [0.29, 0.717) is 0 Å². The molecule has 0 N–H and O–H groups in total. The number of piperidine rings is 1. The molecule has 1 aliphatic carbocycles. The predicted octanol–water partition coefficient (Wildman–Crippen LogP) is 4.02. The minimum atomic E-state index is -4.60. The first-order valence-electron chi connectivity index (χ1n) is 10.5. The number of carbonyl (C=O) groups is 3. The van der Waals surface area contributed by atoms with Gasteiger partial charge in [-0.05, 0) is 23.8 Å². The van der Waals surface area contributed by atoms with Gasteiger partial charge in [0.1, 0.15) is 6.61 Å². The highest BCUT2D eigenvalue weighted by Crippen LogP contribution is 2.47. The number of alkyl halides is 3. The molecule has 0 radical (unpaired) electrons. The smallest absolute Gasteiger partial charge is 0.416 e. The molecule has 4 aliphatic rings. The second-order valence-corrected chi connectivity index (χ2v) is 8.34. The maximum Gasteiger partial charge on any atom is 0.416 e. The average Bonchev–Trinajstić information content (AvgIpc) is 3.10. The summed E-state index contributed by atoms with van der Waals surface area (Å²) in [7, 11) is 0. The van der Waals surface area contributed by atoms with Crippen LogP contribution in [-0.2, 0) is 27.1 Å². The number of halogens is 3. The highest BCUT2D eigenvalue weighted by atomic mass is 19.4. The van der Waals surface area contributed by atoms with E-state index >= 15 is 0 Å². The second kappa shape index (κ2) is 7.75. The Bertz CT molecular complexity index is 1150. The van der Waals surface area contributed by atoms with Crippen molar-refractivity contribution in [3.8, 4) is 0 Å². The number of anilines is 1. The minimum absolute atomic E-state index is 0.0641. The lowest BCUT2D eigenvalue weighted by molar-refractivity contribution is -0.137. The topological polar surface area (TPSA) is 66.9 Å². The SMILES string of the molecule is O=C1[C@@H]2C3C=CC(CN3C(=O)OCc3ccccc3)[C@@H]2C(=O)N1c1cccc(C(F)(F)F)c1. The Kier molecular flexibility index (Phi) is 4.99. The van der Waals surface area contributed by atoms with Crippen LogP contribution in [0.25, 0.3) is 0 Å². The van der Waals surface area contributed by atoms with Crippen molar-refractivity contribution in [3.05, 3.63) is 77.9 Å². The molecule has 9 heteroatoms. The first-order valence-corrected chi connectivity index (χ1v) is 10.5. The Balaban J connectivity index is 1.38. The van der Waals surface area contributed by atoms with Crippen molar-refractivity contribution in [3.63, 3.8) is 0 Å². The van der Waals surface area contributed by atoms with Crippen molar-refractivity contribution in [1.29, 1.82) is 0 Å². The zero-order valence-electron chi connectivity index (χ0n) is 17.2. The van der Waals surface area contributed by atoms with Crippen LogP contribution in [0, 0.1) is 17.8 Å². The Morgan fingerprint density at radius 1 is 0.970 bits per heavy atom. The zero-order chi connectivity index (χ0) is 23.3. The van der Waals surface area contributed by atoms with Crippen LogP contribution in [0.1, 0.15) is 11.1 Å².